The van der Waals surface area contributed by atoms with Crippen LogP contribution in [-0.4, -0.2) is 36.6 Å². The molecule has 1 aliphatic rings. The van der Waals surface area contributed by atoms with Crippen molar-refractivity contribution in [2.45, 2.75) is 19.3 Å². The maximum absolute atomic E-state index is 13.7. The van der Waals surface area contributed by atoms with Crippen molar-refractivity contribution in [3.63, 3.8) is 0 Å². The van der Waals surface area contributed by atoms with Gasteiger partial charge in [0.2, 0.25) is 0 Å². The van der Waals surface area contributed by atoms with E-state index in [4.69, 9.17) is 4.74 Å². The summed E-state index contributed by atoms with van der Waals surface area (Å²) in [7, 11) is 0. The lowest BCUT2D eigenvalue weighted by molar-refractivity contribution is 0.0256. The van der Waals surface area contributed by atoms with Crippen LogP contribution in [0.25, 0.3) is 10.9 Å². The Kier molecular flexibility index (Phi) is 4.23. The van der Waals surface area contributed by atoms with Crippen molar-refractivity contribution >= 4 is 38.5 Å². The fourth-order valence-corrected chi connectivity index (χ4v) is 3.27. The Labute approximate surface area is 140 Å². The molecule has 0 saturated carbocycles. The summed E-state index contributed by atoms with van der Waals surface area (Å²) in [6.07, 6.45) is 1.17. The number of anilines is 1. The molecule has 1 aromatic heterocycles. The van der Waals surface area contributed by atoms with Crippen molar-refractivity contribution in [1.82, 2.24) is 4.98 Å². The van der Waals surface area contributed by atoms with E-state index in [1.165, 1.54) is 6.20 Å². The second-order valence-corrected chi connectivity index (χ2v) is 6.26. The molecule has 1 fully saturated rings. The molecule has 1 aromatic carbocycles. The lowest BCUT2D eigenvalue weighted by Crippen LogP contribution is -2.27. The summed E-state index contributed by atoms with van der Waals surface area (Å²) in [5.74, 6) is -3.31. The Morgan fingerprint density at radius 1 is 1.48 bits per heavy atom. The summed E-state index contributed by atoms with van der Waals surface area (Å²) in [4.78, 5) is 18.1. The first-order chi connectivity index (χ1) is 10.9. The third-order valence-corrected chi connectivity index (χ3v) is 4.44. The smallest absolute Gasteiger partial charge is 0.341 e. The maximum Gasteiger partial charge on any atom is 0.341 e. The molecule has 1 saturated heterocycles. The molecule has 1 aliphatic heterocycles. The Hall–Kier alpha value is -1.76. The number of rotatable bonds is 3. The van der Waals surface area contributed by atoms with E-state index in [0.717, 1.165) is 4.47 Å². The molecule has 7 heteroatoms. The van der Waals surface area contributed by atoms with E-state index in [1.54, 1.807) is 24.0 Å². The number of hydrogen-bond donors (Lipinski definition) is 0. The van der Waals surface area contributed by atoms with Crippen molar-refractivity contribution in [2.75, 3.05) is 24.6 Å². The van der Waals surface area contributed by atoms with Crippen LogP contribution in [0.2, 0.25) is 0 Å². The molecule has 2 aromatic rings. The summed E-state index contributed by atoms with van der Waals surface area (Å²) < 4.78 is 33.1. The number of aromatic nitrogens is 1. The minimum Gasteiger partial charge on any atom is -0.462 e. The molecular weight excluding hydrogens is 370 g/mol. The van der Waals surface area contributed by atoms with E-state index < -0.39 is 18.4 Å². The second kappa shape index (κ2) is 6.03. The Morgan fingerprint density at radius 3 is 2.91 bits per heavy atom. The summed E-state index contributed by atoms with van der Waals surface area (Å²) in [5.41, 5.74) is 1.31. The molecule has 0 atom stereocenters. The van der Waals surface area contributed by atoms with E-state index in [2.05, 4.69) is 20.9 Å². The number of nitrogens with zero attached hydrogens (tertiary/aromatic N) is 2. The van der Waals surface area contributed by atoms with Gasteiger partial charge >= 0.3 is 5.97 Å². The molecule has 0 bridgehead atoms. The second-order valence-electron chi connectivity index (χ2n) is 5.40. The quantitative estimate of drug-likeness (QED) is 0.749. The predicted octanol–water partition coefficient (Wildman–Crippen LogP) is 4.02. The van der Waals surface area contributed by atoms with E-state index in [0.29, 0.717) is 16.6 Å². The van der Waals surface area contributed by atoms with E-state index in [9.17, 15) is 13.6 Å². The van der Waals surface area contributed by atoms with Gasteiger partial charge in [-0.15, -0.1) is 0 Å². The van der Waals surface area contributed by atoms with Crippen molar-refractivity contribution in [3.05, 3.63) is 34.4 Å². The van der Waals surface area contributed by atoms with Crippen LogP contribution in [0.1, 0.15) is 23.7 Å². The first kappa shape index (κ1) is 16.1. The van der Waals surface area contributed by atoms with Crippen LogP contribution in [0, 0.1) is 0 Å². The summed E-state index contributed by atoms with van der Waals surface area (Å²) >= 11 is 3.41. The summed E-state index contributed by atoms with van der Waals surface area (Å²) in [5, 5.41) is 0.655. The van der Waals surface area contributed by atoms with Gasteiger partial charge in [-0.2, -0.15) is 0 Å². The zero-order chi connectivity index (χ0) is 16.6. The molecule has 23 heavy (non-hydrogen) atoms. The molecule has 122 valence electrons. The highest BCUT2D eigenvalue weighted by molar-refractivity contribution is 9.10. The molecule has 0 aliphatic carbocycles. The van der Waals surface area contributed by atoms with Crippen molar-refractivity contribution in [3.8, 4) is 0 Å². The number of pyridine rings is 1. The number of alkyl halides is 2. The normalized spacial score (nSPS) is 16.8. The number of para-hydroxylation sites is 1. The summed E-state index contributed by atoms with van der Waals surface area (Å²) in [6.45, 7) is 1.69. The van der Waals surface area contributed by atoms with Gasteiger partial charge in [-0.1, -0.05) is 12.1 Å². The number of carbonyl (C=O) groups excluding carboxylic acids is 1. The number of carbonyl (C=O) groups is 1. The van der Waals surface area contributed by atoms with E-state index >= 15 is 0 Å². The molecule has 0 N–H and O–H groups in total. The monoisotopic (exact) mass is 384 g/mol. The Morgan fingerprint density at radius 2 is 2.26 bits per heavy atom. The standard InChI is InChI=1S/C16H15BrF2N2O2/c1-2-23-15(22)11-8-20-13-10(4-3-5-12(13)17)14(11)21-7-6-16(18,19)9-21/h3-5,8H,2,6-7,9H2,1H3. The van der Waals surface area contributed by atoms with Gasteiger partial charge in [-0.05, 0) is 28.9 Å². The van der Waals surface area contributed by atoms with Gasteiger partial charge < -0.3 is 9.64 Å². The Balaban J connectivity index is 2.19. The Bertz CT molecular complexity index is 767. The summed E-state index contributed by atoms with van der Waals surface area (Å²) in [6, 6.07) is 5.39. The van der Waals surface area contributed by atoms with Crippen molar-refractivity contribution in [1.29, 1.82) is 0 Å². The highest BCUT2D eigenvalue weighted by Crippen LogP contribution is 2.38. The van der Waals surface area contributed by atoms with E-state index in [1.807, 2.05) is 6.07 Å². The van der Waals surface area contributed by atoms with Gasteiger partial charge in [0.1, 0.15) is 5.56 Å². The first-order valence-corrected chi connectivity index (χ1v) is 8.09. The van der Waals surface area contributed by atoms with Crippen LogP contribution in [0.4, 0.5) is 14.5 Å². The number of halogens is 3. The minimum atomic E-state index is -2.76. The van der Waals surface area contributed by atoms with Crippen LogP contribution >= 0.6 is 15.9 Å². The highest BCUT2D eigenvalue weighted by atomic mass is 79.9. The molecule has 4 nitrogen and oxygen atoms in total. The predicted molar refractivity (Wildman–Crippen MR) is 87.2 cm³/mol. The maximum atomic E-state index is 13.7. The number of esters is 1. The van der Waals surface area contributed by atoms with Crippen molar-refractivity contribution in [2.24, 2.45) is 0 Å². The highest BCUT2D eigenvalue weighted by Gasteiger charge is 2.40. The number of fused-ring (bicyclic) bond motifs is 1. The number of hydrogen-bond acceptors (Lipinski definition) is 4. The average molecular weight is 385 g/mol. The molecule has 2 heterocycles. The fourth-order valence-electron chi connectivity index (χ4n) is 2.80. The van der Waals surface area contributed by atoms with Gasteiger partial charge in [-0.3, -0.25) is 4.98 Å². The topological polar surface area (TPSA) is 42.4 Å². The van der Waals surface area contributed by atoms with Gasteiger partial charge in [0.05, 0.1) is 24.4 Å². The van der Waals surface area contributed by atoms with Crippen molar-refractivity contribution < 1.29 is 18.3 Å². The first-order valence-electron chi connectivity index (χ1n) is 7.30. The minimum absolute atomic E-state index is 0.186. The molecule has 0 spiro atoms. The van der Waals surface area contributed by atoms with Gasteiger partial charge in [-0.25, -0.2) is 13.6 Å². The fraction of sp³-hybridized carbons (Fsp3) is 0.375. The average Bonchev–Trinajstić information content (AvgIpc) is 2.86. The molecule has 3 rings (SSSR count). The van der Waals surface area contributed by atoms with E-state index in [-0.39, 0.29) is 25.1 Å². The van der Waals surface area contributed by atoms with Gasteiger partial charge in [0, 0.05) is 29.0 Å². The molecular formula is C16H15BrF2N2O2. The SMILES string of the molecule is CCOC(=O)c1cnc2c(Br)cccc2c1N1CCC(F)(F)C1. The lowest BCUT2D eigenvalue weighted by atomic mass is 10.1. The number of benzene rings is 1. The van der Waals surface area contributed by atoms with Crippen LogP contribution in [0.15, 0.2) is 28.9 Å². The third kappa shape index (κ3) is 3.02. The largest absolute Gasteiger partial charge is 0.462 e. The van der Waals surface area contributed by atoms with Gasteiger partial charge in [0.25, 0.3) is 5.92 Å². The van der Waals surface area contributed by atoms with Crippen LogP contribution in [0.5, 0.6) is 0 Å². The number of ether oxygens (including phenoxy) is 1. The molecule has 0 radical (unpaired) electrons. The third-order valence-electron chi connectivity index (χ3n) is 3.80. The van der Waals surface area contributed by atoms with Crippen LogP contribution < -0.4 is 4.90 Å². The van der Waals surface area contributed by atoms with Gasteiger partial charge in [0.15, 0.2) is 0 Å². The lowest BCUT2D eigenvalue weighted by Gasteiger charge is -2.23. The zero-order valence-corrected chi connectivity index (χ0v) is 14.1. The van der Waals surface area contributed by atoms with Crippen LogP contribution in [0.3, 0.4) is 0 Å². The van der Waals surface area contributed by atoms with Crippen LogP contribution in [-0.2, 0) is 4.74 Å². The zero-order valence-electron chi connectivity index (χ0n) is 12.5. The molecule has 0 unspecified atom stereocenters. The molecule has 0 amide bonds.